The first-order valence-electron chi connectivity index (χ1n) is 5.13. The van der Waals surface area contributed by atoms with Crippen molar-refractivity contribution in [2.45, 2.75) is 6.92 Å². The molecule has 1 aromatic heterocycles. The molecule has 0 fully saturated rings. The fourth-order valence-corrected chi connectivity index (χ4v) is 1.93. The second-order valence-electron chi connectivity index (χ2n) is 3.84. The highest BCUT2D eigenvalue weighted by atomic mass is 127. The average Bonchev–Trinajstić information content (AvgIpc) is 2.73. The van der Waals surface area contributed by atoms with Gasteiger partial charge in [0, 0.05) is 23.4 Å². The van der Waals surface area contributed by atoms with Crippen LogP contribution >= 0.6 is 22.6 Å². The quantitative estimate of drug-likeness (QED) is 0.661. The number of nitrogens with one attached hydrogen (secondary N) is 1. The van der Waals surface area contributed by atoms with Gasteiger partial charge in [-0.25, -0.2) is 0 Å². The van der Waals surface area contributed by atoms with E-state index in [2.05, 4.69) is 32.3 Å². The summed E-state index contributed by atoms with van der Waals surface area (Å²) in [7, 11) is 3.00. The van der Waals surface area contributed by atoms with Crippen molar-refractivity contribution >= 4 is 34.5 Å². The third-order valence-corrected chi connectivity index (χ3v) is 3.00. The van der Waals surface area contributed by atoms with E-state index in [-0.39, 0.29) is 17.8 Å². The molecule has 1 rings (SSSR count). The Hall–Kier alpha value is -1.05. The SMILES string of the molecule is COC(=O)[C@@H](C)CN(C)C(=O)c1cc(I)c[nH]1. The van der Waals surface area contributed by atoms with Crippen LogP contribution in [0.2, 0.25) is 0 Å². The fourth-order valence-electron chi connectivity index (χ4n) is 1.47. The van der Waals surface area contributed by atoms with E-state index in [4.69, 9.17) is 0 Å². The molecule has 0 spiro atoms. The van der Waals surface area contributed by atoms with Gasteiger partial charge in [-0.2, -0.15) is 0 Å². The molecule has 1 atom stereocenters. The van der Waals surface area contributed by atoms with E-state index in [0.717, 1.165) is 3.57 Å². The van der Waals surface area contributed by atoms with Gasteiger partial charge < -0.3 is 14.6 Å². The van der Waals surface area contributed by atoms with E-state index in [1.165, 1.54) is 12.0 Å². The predicted molar refractivity (Wildman–Crippen MR) is 71.7 cm³/mol. The Balaban J connectivity index is 2.62. The van der Waals surface area contributed by atoms with Crippen molar-refractivity contribution in [3.05, 3.63) is 21.5 Å². The summed E-state index contributed by atoms with van der Waals surface area (Å²) >= 11 is 2.12. The van der Waals surface area contributed by atoms with Crippen LogP contribution in [0.4, 0.5) is 0 Å². The lowest BCUT2D eigenvalue weighted by atomic mass is 10.1. The zero-order valence-electron chi connectivity index (χ0n) is 9.99. The Morgan fingerprint density at radius 3 is 2.71 bits per heavy atom. The molecule has 0 radical (unpaired) electrons. The Morgan fingerprint density at radius 1 is 1.59 bits per heavy atom. The minimum absolute atomic E-state index is 0.135. The number of hydrogen-bond donors (Lipinski definition) is 1. The Labute approximate surface area is 114 Å². The number of carbonyl (C=O) groups is 2. The summed E-state index contributed by atoms with van der Waals surface area (Å²) in [4.78, 5) is 27.6. The fraction of sp³-hybridized carbons (Fsp3) is 0.455. The largest absolute Gasteiger partial charge is 0.469 e. The summed E-state index contributed by atoms with van der Waals surface area (Å²) in [5.41, 5.74) is 0.522. The van der Waals surface area contributed by atoms with Gasteiger partial charge in [-0.15, -0.1) is 0 Å². The molecule has 6 heteroatoms. The van der Waals surface area contributed by atoms with E-state index in [0.29, 0.717) is 12.2 Å². The van der Waals surface area contributed by atoms with Crippen LogP contribution < -0.4 is 0 Å². The van der Waals surface area contributed by atoms with Crippen molar-refractivity contribution in [1.82, 2.24) is 9.88 Å². The highest BCUT2D eigenvalue weighted by molar-refractivity contribution is 14.1. The van der Waals surface area contributed by atoms with E-state index in [1.807, 2.05) is 0 Å². The van der Waals surface area contributed by atoms with Crippen LogP contribution in [-0.4, -0.2) is 42.5 Å². The standard InChI is InChI=1S/C11H15IN2O3/c1-7(11(16)17-3)6-14(2)10(15)9-4-8(12)5-13-9/h4-5,7,13H,6H2,1-3H3/t7-/m0/s1. The number of carbonyl (C=O) groups excluding carboxylic acids is 2. The summed E-state index contributed by atoms with van der Waals surface area (Å²) in [6.07, 6.45) is 1.76. The second kappa shape index (κ2) is 6.04. The highest BCUT2D eigenvalue weighted by Crippen LogP contribution is 2.09. The van der Waals surface area contributed by atoms with Crippen LogP contribution in [-0.2, 0) is 9.53 Å². The Bertz CT molecular complexity index is 417. The maximum atomic E-state index is 11.9. The molecular formula is C11H15IN2O3. The number of hydrogen-bond acceptors (Lipinski definition) is 3. The normalized spacial score (nSPS) is 12.0. The molecule has 1 N–H and O–H groups in total. The molecule has 5 nitrogen and oxygen atoms in total. The van der Waals surface area contributed by atoms with Crippen LogP contribution in [0.1, 0.15) is 17.4 Å². The monoisotopic (exact) mass is 350 g/mol. The van der Waals surface area contributed by atoms with Crippen molar-refractivity contribution in [2.24, 2.45) is 5.92 Å². The molecule has 1 amide bonds. The molecular weight excluding hydrogens is 335 g/mol. The lowest BCUT2D eigenvalue weighted by Crippen LogP contribution is -2.34. The van der Waals surface area contributed by atoms with Crippen LogP contribution in [0.3, 0.4) is 0 Å². The molecule has 0 aliphatic heterocycles. The number of ether oxygens (including phenoxy) is 1. The zero-order valence-corrected chi connectivity index (χ0v) is 12.1. The van der Waals surface area contributed by atoms with Crippen molar-refractivity contribution < 1.29 is 14.3 Å². The van der Waals surface area contributed by atoms with Crippen LogP contribution in [0.5, 0.6) is 0 Å². The van der Waals surface area contributed by atoms with E-state index >= 15 is 0 Å². The maximum absolute atomic E-state index is 11.9. The average molecular weight is 350 g/mol. The number of H-pyrrole nitrogens is 1. The van der Waals surface area contributed by atoms with Crippen molar-refractivity contribution in [1.29, 1.82) is 0 Å². The van der Waals surface area contributed by atoms with E-state index < -0.39 is 0 Å². The van der Waals surface area contributed by atoms with Gasteiger partial charge in [0.2, 0.25) is 0 Å². The maximum Gasteiger partial charge on any atom is 0.310 e. The van der Waals surface area contributed by atoms with Crippen LogP contribution in [0.15, 0.2) is 12.3 Å². The van der Waals surface area contributed by atoms with Gasteiger partial charge in [-0.1, -0.05) is 6.92 Å². The number of nitrogens with zero attached hydrogens (tertiary/aromatic N) is 1. The third-order valence-electron chi connectivity index (χ3n) is 2.38. The van der Waals surface area contributed by atoms with Gasteiger partial charge in [0.25, 0.3) is 5.91 Å². The number of methoxy groups -OCH3 is 1. The Morgan fingerprint density at radius 2 is 2.24 bits per heavy atom. The minimum atomic E-state index is -0.331. The molecule has 1 heterocycles. The summed E-state index contributed by atoms with van der Waals surface area (Å²) in [6.45, 7) is 2.06. The van der Waals surface area contributed by atoms with E-state index in [1.54, 1.807) is 26.2 Å². The molecule has 0 saturated carbocycles. The molecule has 0 saturated heterocycles. The molecule has 0 unspecified atom stereocenters. The summed E-state index contributed by atoms with van der Waals surface area (Å²) in [5, 5.41) is 0. The first-order chi connectivity index (χ1) is 7.95. The van der Waals surface area contributed by atoms with Crippen molar-refractivity contribution in [3.63, 3.8) is 0 Å². The number of aromatic amines is 1. The van der Waals surface area contributed by atoms with Gasteiger partial charge in [-0.3, -0.25) is 9.59 Å². The minimum Gasteiger partial charge on any atom is -0.469 e. The van der Waals surface area contributed by atoms with E-state index in [9.17, 15) is 9.59 Å². The highest BCUT2D eigenvalue weighted by Gasteiger charge is 2.20. The number of aromatic nitrogens is 1. The summed E-state index contributed by atoms with van der Waals surface area (Å²) in [5.74, 6) is -0.780. The molecule has 0 bridgehead atoms. The predicted octanol–water partition coefficient (Wildman–Crippen LogP) is 1.50. The van der Waals surface area contributed by atoms with Gasteiger partial charge in [0.05, 0.1) is 13.0 Å². The topological polar surface area (TPSA) is 62.4 Å². The first kappa shape index (κ1) is 14.0. The molecule has 0 aliphatic carbocycles. The van der Waals surface area contributed by atoms with Gasteiger partial charge in [0.15, 0.2) is 0 Å². The number of amides is 1. The lowest BCUT2D eigenvalue weighted by molar-refractivity contribution is -0.145. The first-order valence-corrected chi connectivity index (χ1v) is 6.20. The molecule has 94 valence electrons. The lowest BCUT2D eigenvalue weighted by Gasteiger charge is -2.19. The van der Waals surface area contributed by atoms with Crippen molar-refractivity contribution in [3.8, 4) is 0 Å². The van der Waals surface area contributed by atoms with Gasteiger partial charge >= 0.3 is 5.97 Å². The number of rotatable bonds is 4. The summed E-state index contributed by atoms with van der Waals surface area (Å²) < 4.78 is 5.59. The Kier molecular flexibility index (Phi) is 4.98. The molecule has 17 heavy (non-hydrogen) atoms. The molecule has 0 aromatic carbocycles. The number of halogens is 1. The number of esters is 1. The third kappa shape index (κ3) is 3.72. The smallest absolute Gasteiger partial charge is 0.310 e. The zero-order chi connectivity index (χ0) is 13.0. The summed E-state index contributed by atoms with van der Waals surface area (Å²) in [6, 6.07) is 1.77. The molecule has 0 aliphatic rings. The van der Waals surface area contributed by atoms with Crippen LogP contribution in [0, 0.1) is 9.49 Å². The van der Waals surface area contributed by atoms with Crippen molar-refractivity contribution in [2.75, 3.05) is 20.7 Å². The van der Waals surface area contributed by atoms with Crippen LogP contribution in [0.25, 0.3) is 0 Å². The second-order valence-corrected chi connectivity index (χ2v) is 5.09. The van der Waals surface area contributed by atoms with Gasteiger partial charge in [-0.05, 0) is 28.7 Å². The van der Waals surface area contributed by atoms with Gasteiger partial charge in [0.1, 0.15) is 5.69 Å². The molecule has 1 aromatic rings.